The zero-order valence-electron chi connectivity index (χ0n) is 11.4. The first-order valence-corrected chi connectivity index (χ1v) is 7.57. The van der Waals surface area contributed by atoms with Crippen LogP contribution in [0, 0.1) is 6.92 Å². The molecule has 6 heteroatoms. The molecule has 0 bridgehead atoms. The largest absolute Gasteiger partial charge is 0.354 e. The lowest BCUT2D eigenvalue weighted by molar-refractivity contribution is 0.952. The van der Waals surface area contributed by atoms with Gasteiger partial charge in [-0.3, -0.25) is 0 Å². The molecule has 1 heterocycles. The van der Waals surface area contributed by atoms with E-state index in [1.165, 1.54) is 0 Å². The number of nitrogens with one attached hydrogen (secondary N) is 2. The molecule has 0 spiro atoms. The van der Waals surface area contributed by atoms with Gasteiger partial charge in [0.05, 0.1) is 15.2 Å². The number of benzene rings is 1. The number of hydrogen-bond donors (Lipinski definition) is 2. The Bertz CT molecular complexity index is 583. The van der Waals surface area contributed by atoms with Crippen molar-refractivity contribution in [2.75, 3.05) is 17.2 Å². The maximum Gasteiger partial charge on any atom is 0.224 e. The van der Waals surface area contributed by atoms with Crippen LogP contribution < -0.4 is 10.6 Å². The van der Waals surface area contributed by atoms with Gasteiger partial charge in [-0.2, -0.15) is 4.98 Å². The second-order valence-electron chi connectivity index (χ2n) is 4.37. The van der Waals surface area contributed by atoms with Crippen molar-refractivity contribution in [2.45, 2.75) is 20.3 Å². The van der Waals surface area contributed by atoms with Crippen LogP contribution in [-0.4, -0.2) is 16.5 Å². The summed E-state index contributed by atoms with van der Waals surface area (Å²) in [6, 6.07) is 5.77. The van der Waals surface area contributed by atoms with E-state index in [-0.39, 0.29) is 0 Å². The van der Waals surface area contributed by atoms with Crippen LogP contribution in [0.15, 0.2) is 28.9 Å². The smallest absolute Gasteiger partial charge is 0.224 e. The third-order valence-electron chi connectivity index (χ3n) is 2.74. The summed E-state index contributed by atoms with van der Waals surface area (Å²) in [5.41, 5.74) is 1.92. The molecule has 1 aromatic heterocycles. The average molecular weight is 356 g/mol. The predicted molar refractivity (Wildman–Crippen MR) is 88.0 cm³/mol. The monoisotopic (exact) mass is 354 g/mol. The number of aromatic nitrogens is 2. The third-order valence-corrected chi connectivity index (χ3v) is 3.64. The number of hydrogen-bond acceptors (Lipinski definition) is 4. The Kier molecular flexibility index (Phi) is 5.20. The molecule has 0 saturated carbocycles. The van der Waals surface area contributed by atoms with Gasteiger partial charge in [0.15, 0.2) is 0 Å². The molecule has 0 unspecified atom stereocenters. The molecule has 2 N–H and O–H groups in total. The Morgan fingerprint density at radius 3 is 2.85 bits per heavy atom. The first kappa shape index (κ1) is 15.1. The maximum atomic E-state index is 6.22. The fraction of sp³-hybridized carbons (Fsp3) is 0.286. The molecule has 0 atom stereocenters. The lowest BCUT2D eigenvalue weighted by atomic mass is 10.2. The highest BCUT2D eigenvalue weighted by Crippen LogP contribution is 2.31. The highest BCUT2D eigenvalue weighted by Gasteiger charge is 2.09. The lowest BCUT2D eigenvalue weighted by Crippen LogP contribution is -2.06. The van der Waals surface area contributed by atoms with Crippen LogP contribution in [-0.2, 0) is 0 Å². The molecule has 2 rings (SSSR count). The van der Waals surface area contributed by atoms with Crippen LogP contribution in [0.1, 0.15) is 18.9 Å². The maximum absolute atomic E-state index is 6.22. The topological polar surface area (TPSA) is 49.8 Å². The van der Waals surface area contributed by atoms with Gasteiger partial charge in [0.1, 0.15) is 5.82 Å². The molecule has 106 valence electrons. The number of para-hydroxylation sites is 1. The Morgan fingerprint density at radius 2 is 2.15 bits per heavy atom. The first-order valence-electron chi connectivity index (χ1n) is 6.40. The van der Waals surface area contributed by atoms with Crippen molar-refractivity contribution in [1.82, 2.24) is 9.97 Å². The summed E-state index contributed by atoms with van der Waals surface area (Å²) >= 11 is 9.67. The Balaban J connectivity index is 2.28. The zero-order valence-corrected chi connectivity index (χ0v) is 13.7. The molecule has 0 radical (unpaired) electrons. The van der Waals surface area contributed by atoms with Gasteiger partial charge in [-0.05, 0) is 40.9 Å². The van der Waals surface area contributed by atoms with Crippen LogP contribution in [0.25, 0.3) is 0 Å². The van der Waals surface area contributed by atoms with Crippen molar-refractivity contribution in [3.05, 3.63) is 39.5 Å². The van der Waals surface area contributed by atoms with Crippen molar-refractivity contribution in [3.8, 4) is 0 Å². The summed E-state index contributed by atoms with van der Waals surface area (Å²) < 4.78 is 0.791. The fourth-order valence-corrected chi connectivity index (χ4v) is 2.24. The number of rotatable bonds is 5. The van der Waals surface area contributed by atoms with Crippen LogP contribution >= 0.6 is 27.5 Å². The van der Waals surface area contributed by atoms with Crippen molar-refractivity contribution in [3.63, 3.8) is 0 Å². The minimum Gasteiger partial charge on any atom is -0.354 e. The summed E-state index contributed by atoms with van der Waals surface area (Å²) in [5.74, 6) is 1.29. The molecular weight excluding hydrogens is 340 g/mol. The summed E-state index contributed by atoms with van der Waals surface area (Å²) in [6.45, 7) is 4.93. The van der Waals surface area contributed by atoms with Crippen LogP contribution in [0.5, 0.6) is 0 Å². The summed E-state index contributed by atoms with van der Waals surface area (Å²) in [7, 11) is 0. The SMILES string of the molecule is CCCNc1ncc(Br)c(Nc2c(C)cccc2Cl)n1. The van der Waals surface area contributed by atoms with Gasteiger partial charge in [0.25, 0.3) is 0 Å². The van der Waals surface area contributed by atoms with Crippen molar-refractivity contribution in [1.29, 1.82) is 0 Å². The molecular formula is C14H16BrClN4. The third kappa shape index (κ3) is 3.61. The van der Waals surface area contributed by atoms with Gasteiger partial charge < -0.3 is 10.6 Å². The van der Waals surface area contributed by atoms with Gasteiger partial charge in [-0.1, -0.05) is 30.7 Å². The Morgan fingerprint density at radius 1 is 1.35 bits per heavy atom. The van der Waals surface area contributed by atoms with Crippen LogP contribution in [0.4, 0.5) is 17.5 Å². The van der Waals surface area contributed by atoms with Gasteiger partial charge in [0, 0.05) is 12.7 Å². The molecule has 1 aromatic carbocycles. The lowest BCUT2D eigenvalue weighted by Gasteiger charge is -2.13. The van der Waals surface area contributed by atoms with E-state index in [9.17, 15) is 0 Å². The highest BCUT2D eigenvalue weighted by molar-refractivity contribution is 9.10. The number of aryl methyl sites for hydroxylation is 1. The minimum atomic E-state index is 0.599. The van der Waals surface area contributed by atoms with Crippen molar-refractivity contribution < 1.29 is 0 Å². The van der Waals surface area contributed by atoms with Crippen LogP contribution in [0.2, 0.25) is 5.02 Å². The average Bonchev–Trinajstić information content (AvgIpc) is 2.43. The molecule has 20 heavy (non-hydrogen) atoms. The second-order valence-corrected chi connectivity index (χ2v) is 5.64. The molecule has 0 saturated heterocycles. The fourth-order valence-electron chi connectivity index (χ4n) is 1.69. The molecule has 0 aliphatic rings. The van der Waals surface area contributed by atoms with Gasteiger partial charge >= 0.3 is 0 Å². The quantitative estimate of drug-likeness (QED) is 0.811. The van der Waals surface area contributed by atoms with Gasteiger partial charge in [-0.25, -0.2) is 4.98 Å². The summed E-state index contributed by atoms with van der Waals surface area (Å²) in [5, 5.41) is 7.08. The van der Waals surface area contributed by atoms with Gasteiger partial charge in [0.2, 0.25) is 5.95 Å². The predicted octanol–water partition coefficient (Wildman–Crippen LogP) is 4.77. The Labute approximate surface area is 132 Å². The molecule has 0 amide bonds. The highest BCUT2D eigenvalue weighted by atomic mass is 79.9. The summed E-state index contributed by atoms with van der Waals surface area (Å²) in [6.07, 6.45) is 2.74. The van der Waals surface area contributed by atoms with Crippen molar-refractivity contribution in [2.24, 2.45) is 0 Å². The van der Waals surface area contributed by atoms with Crippen molar-refractivity contribution >= 4 is 45.0 Å². The summed E-state index contributed by atoms with van der Waals surface area (Å²) in [4.78, 5) is 8.67. The van der Waals surface area contributed by atoms with E-state index in [1.807, 2.05) is 25.1 Å². The Hall–Kier alpha value is -1.33. The molecule has 2 aromatic rings. The van der Waals surface area contributed by atoms with E-state index in [1.54, 1.807) is 6.20 Å². The minimum absolute atomic E-state index is 0.599. The van der Waals surface area contributed by atoms with E-state index in [0.717, 1.165) is 28.7 Å². The first-order chi connectivity index (χ1) is 9.61. The van der Waals surface area contributed by atoms with E-state index in [0.29, 0.717) is 16.8 Å². The van der Waals surface area contributed by atoms with Gasteiger partial charge in [-0.15, -0.1) is 0 Å². The number of anilines is 3. The molecule has 0 aliphatic heterocycles. The molecule has 0 fully saturated rings. The molecule has 4 nitrogen and oxygen atoms in total. The second kappa shape index (κ2) is 6.90. The van der Waals surface area contributed by atoms with E-state index in [2.05, 4.69) is 43.5 Å². The normalized spacial score (nSPS) is 10.4. The van der Waals surface area contributed by atoms with E-state index in [4.69, 9.17) is 11.6 Å². The molecule has 0 aliphatic carbocycles. The van der Waals surface area contributed by atoms with E-state index < -0.39 is 0 Å². The number of halogens is 2. The standard InChI is InChI=1S/C14H16BrClN4/c1-3-7-17-14-18-8-10(15)13(20-14)19-12-9(2)5-4-6-11(12)16/h4-6,8H,3,7H2,1-2H3,(H2,17,18,19,20). The van der Waals surface area contributed by atoms with E-state index >= 15 is 0 Å². The zero-order chi connectivity index (χ0) is 14.5. The number of nitrogens with zero attached hydrogens (tertiary/aromatic N) is 2. The van der Waals surface area contributed by atoms with Crippen LogP contribution in [0.3, 0.4) is 0 Å².